The summed E-state index contributed by atoms with van der Waals surface area (Å²) in [6, 6.07) is 3.40. The molecule has 1 aromatic heterocycles. The molecule has 1 aromatic rings. The second-order valence-corrected chi connectivity index (χ2v) is 4.84. The average molecular weight is 224 g/mol. The van der Waals surface area contributed by atoms with E-state index in [1.807, 2.05) is 0 Å². The van der Waals surface area contributed by atoms with Gasteiger partial charge < -0.3 is 10.1 Å². The number of nitrogens with zero attached hydrogens (tertiary/aromatic N) is 1. The van der Waals surface area contributed by atoms with Gasteiger partial charge >= 0.3 is 0 Å². The molecule has 1 aliphatic carbocycles. The van der Waals surface area contributed by atoms with Crippen molar-refractivity contribution in [3.63, 3.8) is 0 Å². The van der Waals surface area contributed by atoms with E-state index in [1.54, 1.807) is 13.2 Å². The van der Waals surface area contributed by atoms with Crippen LogP contribution in [0, 0.1) is 11.2 Å². The summed E-state index contributed by atoms with van der Waals surface area (Å²) < 4.78 is 18.0. The van der Waals surface area contributed by atoms with Crippen LogP contribution < -0.4 is 5.32 Å². The van der Waals surface area contributed by atoms with E-state index < -0.39 is 0 Å². The van der Waals surface area contributed by atoms with Gasteiger partial charge in [-0.05, 0) is 18.6 Å². The maximum absolute atomic E-state index is 12.7. The lowest BCUT2D eigenvalue weighted by atomic mass is 9.64. The highest BCUT2D eigenvalue weighted by molar-refractivity contribution is 5.37. The number of pyridine rings is 1. The zero-order valence-corrected chi connectivity index (χ0v) is 9.83. The first kappa shape index (κ1) is 11.3. The Bertz CT molecular complexity index is 364. The van der Waals surface area contributed by atoms with Crippen molar-refractivity contribution in [2.45, 2.75) is 32.4 Å². The summed E-state index contributed by atoms with van der Waals surface area (Å²) in [6.45, 7) is 4.32. The van der Waals surface area contributed by atoms with Crippen LogP contribution >= 0.6 is 0 Å². The van der Waals surface area contributed by atoms with Gasteiger partial charge in [-0.15, -0.1) is 0 Å². The monoisotopic (exact) mass is 224 g/mol. The molecule has 1 fully saturated rings. The largest absolute Gasteiger partial charge is 0.381 e. The molecule has 0 aliphatic heterocycles. The normalized spacial score (nSPS) is 27.2. The van der Waals surface area contributed by atoms with Crippen molar-refractivity contribution in [2.24, 2.45) is 5.41 Å². The molecule has 3 nitrogen and oxygen atoms in total. The maximum atomic E-state index is 12.7. The fraction of sp³-hybridized carbons (Fsp3) is 0.583. The van der Waals surface area contributed by atoms with E-state index in [2.05, 4.69) is 24.1 Å². The number of ether oxygens (including phenoxy) is 1. The molecule has 0 aromatic carbocycles. The number of halogens is 1. The van der Waals surface area contributed by atoms with Gasteiger partial charge in [-0.1, -0.05) is 13.8 Å². The molecule has 0 amide bonds. The zero-order valence-electron chi connectivity index (χ0n) is 9.83. The van der Waals surface area contributed by atoms with Gasteiger partial charge in [-0.2, -0.15) is 0 Å². The van der Waals surface area contributed by atoms with Gasteiger partial charge in [0.1, 0.15) is 11.6 Å². The second kappa shape index (κ2) is 4.01. The number of aromatic nitrogens is 1. The van der Waals surface area contributed by atoms with E-state index in [0.29, 0.717) is 11.9 Å². The smallest absolute Gasteiger partial charge is 0.141 e. The fourth-order valence-electron chi connectivity index (χ4n) is 2.17. The first-order valence-corrected chi connectivity index (χ1v) is 5.45. The molecule has 1 aliphatic rings. The van der Waals surface area contributed by atoms with Gasteiger partial charge in [0.2, 0.25) is 0 Å². The minimum absolute atomic E-state index is 0.0881. The SMILES string of the molecule is COC1CC(Nc2ccc(F)cn2)C1(C)C. The van der Waals surface area contributed by atoms with E-state index in [1.165, 1.54) is 12.3 Å². The lowest BCUT2D eigenvalue weighted by molar-refractivity contribution is -0.0795. The topological polar surface area (TPSA) is 34.1 Å². The molecular weight excluding hydrogens is 207 g/mol. The molecule has 2 atom stereocenters. The summed E-state index contributed by atoms with van der Waals surface area (Å²) in [5, 5.41) is 3.30. The van der Waals surface area contributed by atoms with Crippen molar-refractivity contribution in [1.29, 1.82) is 0 Å². The first-order valence-electron chi connectivity index (χ1n) is 5.45. The molecular formula is C12H17FN2O. The molecule has 0 bridgehead atoms. The van der Waals surface area contributed by atoms with E-state index in [0.717, 1.165) is 6.42 Å². The Kier molecular flexibility index (Phi) is 2.84. The predicted octanol–water partition coefficient (Wildman–Crippen LogP) is 2.45. The molecule has 0 saturated heterocycles. The first-order chi connectivity index (χ1) is 7.54. The van der Waals surface area contributed by atoms with Gasteiger partial charge in [-0.3, -0.25) is 0 Å². The van der Waals surface area contributed by atoms with Crippen LogP contribution in [0.1, 0.15) is 20.3 Å². The Morgan fingerprint density at radius 2 is 2.25 bits per heavy atom. The van der Waals surface area contributed by atoms with E-state index in [9.17, 15) is 4.39 Å². The third-order valence-corrected chi connectivity index (χ3v) is 3.51. The van der Waals surface area contributed by atoms with Gasteiger partial charge in [0, 0.05) is 18.6 Å². The van der Waals surface area contributed by atoms with Crippen molar-refractivity contribution >= 4 is 5.82 Å². The number of hydrogen-bond acceptors (Lipinski definition) is 3. The summed E-state index contributed by atoms with van der Waals surface area (Å²) in [4.78, 5) is 3.99. The summed E-state index contributed by atoms with van der Waals surface area (Å²) in [7, 11) is 1.73. The molecule has 0 radical (unpaired) electrons. The Hall–Kier alpha value is -1.16. The van der Waals surface area contributed by atoms with Crippen LogP contribution in [0.4, 0.5) is 10.2 Å². The van der Waals surface area contributed by atoms with Crippen LogP contribution in [-0.2, 0) is 4.74 Å². The highest BCUT2D eigenvalue weighted by Crippen LogP contribution is 2.43. The van der Waals surface area contributed by atoms with Crippen molar-refractivity contribution in [1.82, 2.24) is 4.98 Å². The molecule has 1 saturated carbocycles. The number of hydrogen-bond donors (Lipinski definition) is 1. The van der Waals surface area contributed by atoms with Gasteiger partial charge in [-0.25, -0.2) is 9.37 Å². The Labute approximate surface area is 95.0 Å². The Balaban J connectivity index is 1.99. The third-order valence-electron chi connectivity index (χ3n) is 3.51. The minimum Gasteiger partial charge on any atom is -0.381 e. The second-order valence-electron chi connectivity index (χ2n) is 4.84. The highest BCUT2D eigenvalue weighted by atomic mass is 19.1. The van der Waals surface area contributed by atoms with Crippen molar-refractivity contribution in [3.05, 3.63) is 24.1 Å². The molecule has 2 rings (SSSR count). The van der Waals surface area contributed by atoms with E-state index in [4.69, 9.17) is 4.74 Å². The Morgan fingerprint density at radius 1 is 1.50 bits per heavy atom. The standard InChI is InChI=1S/C12H17FN2O/c1-12(2)9(6-10(12)16-3)15-11-5-4-8(13)7-14-11/h4-5,7,9-10H,6H2,1-3H3,(H,14,15). The van der Waals surface area contributed by atoms with Crippen molar-refractivity contribution < 1.29 is 9.13 Å². The highest BCUT2D eigenvalue weighted by Gasteiger charge is 2.48. The molecule has 88 valence electrons. The van der Waals surface area contributed by atoms with Crippen LogP contribution in [0.5, 0.6) is 0 Å². The van der Waals surface area contributed by atoms with Crippen molar-refractivity contribution in [3.8, 4) is 0 Å². The predicted molar refractivity (Wildman–Crippen MR) is 60.8 cm³/mol. The number of anilines is 1. The number of rotatable bonds is 3. The van der Waals surface area contributed by atoms with Gasteiger partial charge in [0.15, 0.2) is 0 Å². The molecule has 16 heavy (non-hydrogen) atoms. The van der Waals surface area contributed by atoms with E-state index in [-0.39, 0.29) is 17.3 Å². The molecule has 2 unspecified atom stereocenters. The summed E-state index contributed by atoms with van der Waals surface area (Å²) in [5.41, 5.74) is 0.0881. The van der Waals surface area contributed by atoms with E-state index >= 15 is 0 Å². The van der Waals surface area contributed by atoms with Gasteiger partial charge in [0.05, 0.1) is 12.3 Å². The lowest BCUT2D eigenvalue weighted by Crippen LogP contribution is -2.57. The van der Waals surface area contributed by atoms with Crippen LogP contribution in [-0.4, -0.2) is 24.2 Å². The lowest BCUT2D eigenvalue weighted by Gasteiger charge is -2.51. The summed E-state index contributed by atoms with van der Waals surface area (Å²) >= 11 is 0. The summed E-state index contributed by atoms with van der Waals surface area (Å²) in [5.74, 6) is 0.405. The van der Waals surface area contributed by atoms with Crippen molar-refractivity contribution in [2.75, 3.05) is 12.4 Å². The third kappa shape index (κ3) is 1.89. The maximum Gasteiger partial charge on any atom is 0.141 e. The summed E-state index contributed by atoms with van der Waals surface area (Å²) in [6.07, 6.45) is 2.47. The average Bonchev–Trinajstić information content (AvgIpc) is 2.26. The molecule has 1 heterocycles. The van der Waals surface area contributed by atoms with Crippen LogP contribution in [0.3, 0.4) is 0 Å². The molecule has 1 N–H and O–H groups in total. The fourth-order valence-corrected chi connectivity index (χ4v) is 2.17. The number of methoxy groups -OCH3 is 1. The molecule has 4 heteroatoms. The van der Waals surface area contributed by atoms with Gasteiger partial charge in [0.25, 0.3) is 0 Å². The van der Waals surface area contributed by atoms with Crippen LogP contribution in [0.25, 0.3) is 0 Å². The Morgan fingerprint density at radius 3 is 2.75 bits per heavy atom. The quantitative estimate of drug-likeness (QED) is 0.856. The van der Waals surface area contributed by atoms with Crippen LogP contribution in [0.15, 0.2) is 18.3 Å². The minimum atomic E-state index is -0.312. The number of nitrogens with one attached hydrogen (secondary N) is 1. The zero-order chi connectivity index (χ0) is 11.8. The van der Waals surface area contributed by atoms with Crippen LogP contribution in [0.2, 0.25) is 0 Å². The molecule has 0 spiro atoms.